The number of nitrogens with zero attached hydrogens (tertiary/aromatic N) is 3. The van der Waals surface area contributed by atoms with E-state index in [1.807, 2.05) is 18.2 Å². The summed E-state index contributed by atoms with van der Waals surface area (Å²) in [4.78, 5) is 25.6. The van der Waals surface area contributed by atoms with E-state index in [1.54, 1.807) is 12.4 Å². The van der Waals surface area contributed by atoms with Crippen LogP contribution in [0.25, 0.3) is 0 Å². The van der Waals surface area contributed by atoms with Gasteiger partial charge in [0.1, 0.15) is 0 Å². The fourth-order valence-electron chi connectivity index (χ4n) is 1.14. The van der Waals surface area contributed by atoms with Crippen LogP contribution in [0.15, 0.2) is 24.5 Å². The predicted molar refractivity (Wildman–Crippen MR) is 77.8 cm³/mol. The van der Waals surface area contributed by atoms with Gasteiger partial charge >= 0.3 is 0 Å². The van der Waals surface area contributed by atoms with E-state index in [-0.39, 0.29) is 5.24 Å². The summed E-state index contributed by atoms with van der Waals surface area (Å²) in [5, 5.41) is 7.48. The Morgan fingerprint density at radius 3 is 2.32 bits per heavy atom. The van der Waals surface area contributed by atoms with E-state index in [4.69, 9.17) is 10.1 Å². The molecular weight excluding hydrogens is 284 g/mol. The van der Waals surface area contributed by atoms with Crippen molar-refractivity contribution in [2.24, 2.45) is 5.73 Å². The molecule has 0 fully saturated rings. The topological polar surface area (TPSA) is 100 Å². The third-order valence-electron chi connectivity index (χ3n) is 1.89. The van der Waals surface area contributed by atoms with Crippen LogP contribution in [0.1, 0.15) is 12.0 Å². The lowest BCUT2D eigenvalue weighted by molar-refractivity contribution is 0.222. The van der Waals surface area contributed by atoms with Gasteiger partial charge in [-0.1, -0.05) is 25.3 Å². The summed E-state index contributed by atoms with van der Waals surface area (Å²) < 4.78 is 0. The molecule has 0 unspecified atom stereocenters. The fourth-order valence-corrected chi connectivity index (χ4v) is 1.31. The van der Waals surface area contributed by atoms with Gasteiger partial charge in [0.25, 0.3) is 10.5 Å². The lowest BCUT2D eigenvalue weighted by Crippen LogP contribution is -2.26. The highest BCUT2D eigenvalue weighted by atomic mass is 32.1. The summed E-state index contributed by atoms with van der Waals surface area (Å²) >= 11 is 6.86. The zero-order chi connectivity index (χ0) is 14.7. The normalized spacial score (nSPS) is 8.68. The van der Waals surface area contributed by atoms with Gasteiger partial charge in [-0.25, -0.2) is 0 Å². The maximum atomic E-state index is 11.1. The zero-order valence-corrected chi connectivity index (χ0v) is 11.8. The highest BCUT2D eigenvalue weighted by molar-refractivity contribution is 7.96. The Hall–Kier alpha value is -1.72. The van der Waals surface area contributed by atoms with Crippen molar-refractivity contribution in [3.05, 3.63) is 30.1 Å². The summed E-state index contributed by atoms with van der Waals surface area (Å²) in [7, 11) is 0. The molecule has 2 amide bonds. The first kappa shape index (κ1) is 17.3. The quantitative estimate of drug-likeness (QED) is 0.738. The number of nitriles is 1. The smallest absolute Gasteiger partial charge is 0.278 e. The van der Waals surface area contributed by atoms with E-state index in [0.29, 0.717) is 19.5 Å². The molecule has 0 saturated carbocycles. The Balaban J connectivity index is 0.000000711. The van der Waals surface area contributed by atoms with Crippen molar-refractivity contribution in [2.75, 3.05) is 6.54 Å². The minimum Gasteiger partial charge on any atom is -0.361 e. The van der Waals surface area contributed by atoms with Gasteiger partial charge in [-0.05, 0) is 17.7 Å². The van der Waals surface area contributed by atoms with Crippen molar-refractivity contribution in [3.8, 4) is 6.07 Å². The van der Waals surface area contributed by atoms with Gasteiger partial charge in [-0.3, -0.25) is 14.6 Å². The molecule has 0 aliphatic carbocycles. The van der Waals surface area contributed by atoms with Gasteiger partial charge in [0.2, 0.25) is 0 Å². The Bertz CT molecular complexity index is 444. The van der Waals surface area contributed by atoms with Crippen LogP contribution < -0.4 is 5.73 Å². The molecule has 8 heteroatoms. The lowest BCUT2D eigenvalue weighted by Gasteiger charge is -2.18. The predicted octanol–water partition coefficient (Wildman–Crippen LogP) is 1.84. The van der Waals surface area contributed by atoms with Crippen LogP contribution in [0.3, 0.4) is 0 Å². The summed E-state index contributed by atoms with van der Waals surface area (Å²) in [6.07, 6.45) is 3.65. The molecule has 0 atom stereocenters. The van der Waals surface area contributed by atoms with E-state index >= 15 is 0 Å². The van der Waals surface area contributed by atoms with Crippen molar-refractivity contribution in [3.63, 3.8) is 0 Å². The van der Waals surface area contributed by atoms with Gasteiger partial charge in [-0.2, -0.15) is 5.26 Å². The first-order valence-electron chi connectivity index (χ1n) is 5.19. The fraction of sp³-hybridized carbons (Fsp3) is 0.273. The first-order chi connectivity index (χ1) is 8.97. The number of carbonyl (C=O) groups is 2. The van der Waals surface area contributed by atoms with Gasteiger partial charge < -0.3 is 10.6 Å². The maximum Gasteiger partial charge on any atom is 0.278 e. The Labute approximate surface area is 122 Å². The molecule has 2 N–H and O–H groups in total. The second-order valence-corrected chi connectivity index (χ2v) is 4.13. The monoisotopic (exact) mass is 298 g/mol. The molecule has 0 saturated heterocycles. The standard InChI is InChI=1S/C10H11N3OS.CH3NOS/c11-4-1-7-13(10(14)15)8-9-2-5-12-6-3-9;2-1(3)4/h2-3,5-6H,1,7-8H2,(H,14,15);(H3,2,3,4). The molecule has 0 spiro atoms. The van der Waals surface area contributed by atoms with Crippen molar-refractivity contribution in [1.29, 1.82) is 5.26 Å². The molecule has 0 radical (unpaired) electrons. The van der Waals surface area contributed by atoms with Crippen molar-refractivity contribution < 1.29 is 9.59 Å². The third-order valence-corrected chi connectivity index (χ3v) is 2.17. The summed E-state index contributed by atoms with van der Waals surface area (Å²) in [5.41, 5.74) is 5.31. The largest absolute Gasteiger partial charge is 0.361 e. The summed E-state index contributed by atoms with van der Waals surface area (Å²) in [6, 6.07) is 5.66. The molecule has 6 nitrogen and oxygen atoms in total. The van der Waals surface area contributed by atoms with E-state index in [2.05, 4.69) is 36.0 Å². The van der Waals surface area contributed by atoms with E-state index < -0.39 is 5.24 Å². The second kappa shape index (κ2) is 10.2. The minimum atomic E-state index is -0.639. The van der Waals surface area contributed by atoms with Crippen LogP contribution in [0, 0.1) is 11.3 Å². The number of rotatable bonds is 4. The Kier molecular flexibility index (Phi) is 9.30. The van der Waals surface area contributed by atoms with Crippen molar-refractivity contribution in [1.82, 2.24) is 9.88 Å². The molecule has 102 valence electrons. The van der Waals surface area contributed by atoms with Crippen LogP contribution in [0.5, 0.6) is 0 Å². The number of amides is 2. The highest BCUT2D eigenvalue weighted by Gasteiger charge is 2.09. The van der Waals surface area contributed by atoms with E-state index in [9.17, 15) is 4.79 Å². The average Bonchev–Trinajstić information content (AvgIpc) is 2.34. The molecule has 1 aromatic heterocycles. The lowest BCUT2D eigenvalue weighted by atomic mass is 10.2. The third kappa shape index (κ3) is 9.93. The molecule has 1 aromatic rings. The highest BCUT2D eigenvalue weighted by Crippen LogP contribution is 2.06. The van der Waals surface area contributed by atoms with Crippen LogP contribution in [0.4, 0.5) is 9.59 Å². The number of aromatic nitrogens is 1. The first-order valence-corrected chi connectivity index (χ1v) is 6.09. The second-order valence-electron chi connectivity index (χ2n) is 3.31. The van der Waals surface area contributed by atoms with E-state index in [0.717, 1.165) is 5.56 Å². The number of nitrogens with two attached hydrogens (primary N) is 1. The number of carbonyl (C=O) groups excluding carboxylic acids is 2. The van der Waals surface area contributed by atoms with Crippen LogP contribution in [-0.2, 0) is 6.54 Å². The van der Waals surface area contributed by atoms with Gasteiger partial charge in [0, 0.05) is 25.5 Å². The van der Waals surface area contributed by atoms with Gasteiger partial charge in [-0.15, -0.1) is 0 Å². The number of pyridine rings is 1. The molecule has 0 aromatic carbocycles. The Morgan fingerprint density at radius 1 is 1.37 bits per heavy atom. The number of primary amides is 1. The average molecular weight is 298 g/mol. The SMILES string of the molecule is N#CCCN(Cc1ccncc1)C(=O)S.NC(=O)S. The minimum absolute atomic E-state index is 0.317. The van der Waals surface area contributed by atoms with Crippen LogP contribution in [0.2, 0.25) is 0 Å². The zero-order valence-electron chi connectivity index (χ0n) is 10.1. The number of hydrogen-bond acceptors (Lipinski definition) is 4. The molecule has 1 heterocycles. The van der Waals surface area contributed by atoms with E-state index in [1.165, 1.54) is 4.90 Å². The van der Waals surface area contributed by atoms with Gasteiger partial charge in [0.15, 0.2) is 0 Å². The van der Waals surface area contributed by atoms with Crippen molar-refractivity contribution in [2.45, 2.75) is 13.0 Å². The maximum absolute atomic E-state index is 11.1. The summed E-state index contributed by atoms with van der Waals surface area (Å²) in [6.45, 7) is 0.869. The molecule has 0 aliphatic heterocycles. The molecule has 0 aliphatic rings. The number of thiol groups is 2. The van der Waals surface area contributed by atoms with Crippen LogP contribution >= 0.6 is 25.3 Å². The molecular formula is C11H14N4O2S2. The summed E-state index contributed by atoms with van der Waals surface area (Å²) in [5.74, 6) is 0. The molecule has 0 bridgehead atoms. The molecule has 19 heavy (non-hydrogen) atoms. The van der Waals surface area contributed by atoms with Gasteiger partial charge in [0.05, 0.1) is 12.5 Å². The number of hydrogen-bond donors (Lipinski definition) is 3. The van der Waals surface area contributed by atoms with Crippen LogP contribution in [-0.4, -0.2) is 26.9 Å². The Morgan fingerprint density at radius 2 is 1.89 bits per heavy atom. The molecule has 1 rings (SSSR count). The van der Waals surface area contributed by atoms with Crippen molar-refractivity contribution >= 4 is 35.7 Å².